The second kappa shape index (κ2) is 7.28. The average Bonchev–Trinajstić information content (AvgIpc) is 2.63. The standard InChI is InChI=1S/C18H14F3N3O2S/c19-18(20,21)13-5-4-6-14(11-13)23-15-9-10-17(22-12-15)24-27(25,26)16-7-2-1-3-8-16/h1-12,23H,(H,22,24). The highest BCUT2D eigenvalue weighted by molar-refractivity contribution is 7.92. The number of anilines is 3. The van der Waals surface area contributed by atoms with Crippen molar-refractivity contribution in [2.75, 3.05) is 10.0 Å². The van der Waals surface area contributed by atoms with E-state index in [1.54, 1.807) is 18.2 Å². The van der Waals surface area contributed by atoms with Gasteiger partial charge in [0, 0.05) is 5.69 Å². The van der Waals surface area contributed by atoms with Crippen molar-refractivity contribution in [2.24, 2.45) is 0 Å². The summed E-state index contributed by atoms with van der Waals surface area (Å²) in [4.78, 5) is 4.08. The van der Waals surface area contributed by atoms with Crippen LogP contribution in [0.25, 0.3) is 0 Å². The Morgan fingerprint density at radius 3 is 2.22 bits per heavy atom. The highest BCUT2D eigenvalue weighted by Crippen LogP contribution is 2.31. The lowest BCUT2D eigenvalue weighted by Gasteiger charge is -2.11. The van der Waals surface area contributed by atoms with Gasteiger partial charge in [-0.3, -0.25) is 4.72 Å². The molecular formula is C18H14F3N3O2S. The molecule has 0 spiro atoms. The Kier molecular flexibility index (Phi) is 5.04. The molecular weight excluding hydrogens is 379 g/mol. The van der Waals surface area contributed by atoms with E-state index in [0.717, 1.165) is 12.1 Å². The van der Waals surface area contributed by atoms with Gasteiger partial charge in [-0.15, -0.1) is 0 Å². The Morgan fingerprint density at radius 2 is 1.59 bits per heavy atom. The number of halogens is 3. The minimum absolute atomic E-state index is 0.0912. The van der Waals surface area contributed by atoms with Crippen molar-refractivity contribution in [2.45, 2.75) is 11.1 Å². The first-order valence-electron chi connectivity index (χ1n) is 7.72. The van der Waals surface area contributed by atoms with Crippen LogP contribution in [0.4, 0.5) is 30.4 Å². The summed E-state index contributed by atoms with van der Waals surface area (Å²) in [6.07, 6.45) is -3.11. The Morgan fingerprint density at radius 1 is 0.852 bits per heavy atom. The number of aromatic nitrogens is 1. The van der Waals surface area contributed by atoms with E-state index in [-0.39, 0.29) is 16.4 Å². The molecule has 0 radical (unpaired) electrons. The average molecular weight is 393 g/mol. The van der Waals surface area contributed by atoms with Crippen molar-refractivity contribution in [3.05, 3.63) is 78.5 Å². The predicted molar refractivity (Wildman–Crippen MR) is 96.2 cm³/mol. The molecule has 2 aromatic carbocycles. The zero-order chi connectivity index (χ0) is 19.5. The number of rotatable bonds is 5. The number of pyridine rings is 1. The molecule has 1 aromatic heterocycles. The van der Waals surface area contributed by atoms with Crippen molar-refractivity contribution < 1.29 is 21.6 Å². The first-order valence-corrected chi connectivity index (χ1v) is 9.20. The molecule has 3 rings (SSSR count). The second-order valence-corrected chi connectivity index (χ2v) is 7.24. The van der Waals surface area contributed by atoms with Crippen LogP contribution in [0.15, 0.2) is 77.8 Å². The first kappa shape index (κ1) is 18.7. The van der Waals surface area contributed by atoms with Gasteiger partial charge in [0.15, 0.2) is 0 Å². The molecule has 0 aliphatic rings. The van der Waals surface area contributed by atoms with Crippen LogP contribution in [0.1, 0.15) is 5.56 Å². The van der Waals surface area contributed by atoms with Gasteiger partial charge in [-0.1, -0.05) is 24.3 Å². The first-order chi connectivity index (χ1) is 12.7. The molecule has 0 saturated heterocycles. The maximum atomic E-state index is 12.8. The molecule has 0 bridgehead atoms. The zero-order valence-electron chi connectivity index (χ0n) is 13.7. The lowest BCUT2D eigenvalue weighted by Crippen LogP contribution is -2.13. The topological polar surface area (TPSA) is 71.1 Å². The van der Waals surface area contributed by atoms with Gasteiger partial charge < -0.3 is 5.32 Å². The van der Waals surface area contributed by atoms with Gasteiger partial charge in [-0.05, 0) is 42.5 Å². The lowest BCUT2D eigenvalue weighted by molar-refractivity contribution is -0.137. The fourth-order valence-corrected chi connectivity index (χ4v) is 3.29. The largest absolute Gasteiger partial charge is 0.416 e. The predicted octanol–water partition coefficient (Wildman–Crippen LogP) is 4.64. The van der Waals surface area contributed by atoms with Crippen LogP contribution in [0.5, 0.6) is 0 Å². The van der Waals surface area contributed by atoms with Gasteiger partial charge in [0.2, 0.25) is 0 Å². The molecule has 0 amide bonds. The highest BCUT2D eigenvalue weighted by atomic mass is 32.2. The van der Waals surface area contributed by atoms with Crippen LogP contribution in [0.2, 0.25) is 0 Å². The molecule has 140 valence electrons. The number of benzene rings is 2. The van der Waals surface area contributed by atoms with Crippen LogP contribution >= 0.6 is 0 Å². The van der Waals surface area contributed by atoms with Crippen molar-refractivity contribution in [1.82, 2.24) is 4.98 Å². The van der Waals surface area contributed by atoms with Crippen LogP contribution in [0, 0.1) is 0 Å². The monoisotopic (exact) mass is 393 g/mol. The zero-order valence-corrected chi connectivity index (χ0v) is 14.6. The van der Waals surface area contributed by atoms with Gasteiger partial charge >= 0.3 is 6.18 Å². The molecule has 3 aromatic rings. The SMILES string of the molecule is O=S(=O)(Nc1ccc(Nc2cccc(C(F)(F)F)c2)cn1)c1ccccc1. The number of hydrogen-bond acceptors (Lipinski definition) is 4. The number of alkyl halides is 3. The smallest absolute Gasteiger partial charge is 0.354 e. The second-order valence-electron chi connectivity index (χ2n) is 5.55. The van der Waals surface area contributed by atoms with Gasteiger partial charge in [0.1, 0.15) is 5.82 Å². The molecule has 0 fully saturated rings. The summed E-state index contributed by atoms with van der Waals surface area (Å²) in [5, 5.41) is 2.80. The Balaban J connectivity index is 1.73. The summed E-state index contributed by atoms with van der Waals surface area (Å²) in [5.74, 6) is 0.0912. The van der Waals surface area contributed by atoms with Gasteiger partial charge in [0.05, 0.1) is 22.3 Å². The molecule has 9 heteroatoms. The third-order valence-electron chi connectivity index (χ3n) is 3.53. The third-order valence-corrected chi connectivity index (χ3v) is 4.91. The van der Waals surface area contributed by atoms with Crippen LogP contribution in [-0.2, 0) is 16.2 Å². The fraction of sp³-hybridized carbons (Fsp3) is 0.0556. The Labute approximate surface area is 153 Å². The minimum Gasteiger partial charge on any atom is -0.354 e. The van der Waals surface area contributed by atoms with Crippen molar-refractivity contribution >= 4 is 27.2 Å². The highest BCUT2D eigenvalue weighted by Gasteiger charge is 2.30. The van der Waals surface area contributed by atoms with Gasteiger partial charge in [0.25, 0.3) is 10.0 Å². The van der Waals surface area contributed by atoms with E-state index in [1.807, 2.05) is 0 Å². The maximum absolute atomic E-state index is 12.8. The number of hydrogen-bond donors (Lipinski definition) is 2. The molecule has 0 unspecified atom stereocenters. The van der Waals surface area contributed by atoms with E-state index < -0.39 is 21.8 Å². The summed E-state index contributed by atoms with van der Waals surface area (Å²) in [6, 6.07) is 15.5. The van der Waals surface area contributed by atoms with E-state index in [4.69, 9.17) is 0 Å². The molecule has 0 saturated carbocycles. The minimum atomic E-state index is -4.44. The molecule has 2 N–H and O–H groups in total. The van der Waals surface area contributed by atoms with Crippen LogP contribution in [0.3, 0.4) is 0 Å². The normalized spacial score (nSPS) is 11.8. The van der Waals surface area contributed by atoms with E-state index in [1.165, 1.54) is 42.6 Å². The Bertz CT molecular complexity index is 1020. The summed E-state index contributed by atoms with van der Waals surface area (Å²) in [5.41, 5.74) is -0.117. The molecule has 0 atom stereocenters. The Hall–Kier alpha value is -3.07. The maximum Gasteiger partial charge on any atom is 0.416 e. The van der Waals surface area contributed by atoms with Crippen molar-refractivity contribution in [3.8, 4) is 0 Å². The third kappa shape index (κ3) is 4.76. The van der Waals surface area contributed by atoms with E-state index in [0.29, 0.717) is 5.69 Å². The van der Waals surface area contributed by atoms with Gasteiger partial charge in [-0.2, -0.15) is 13.2 Å². The van der Waals surface area contributed by atoms with Crippen molar-refractivity contribution in [3.63, 3.8) is 0 Å². The molecule has 0 aliphatic heterocycles. The summed E-state index contributed by atoms with van der Waals surface area (Å²) < 4.78 is 65.1. The molecule has 1 heterocycles. The molecule has 0 aliphatic carbocycles. The van der Waals surface area contributed by atoms with Crippen LogP contribution < -0.4 is 10.0 Å². The quantitative estimate of drug-likeness (QED) is 0.662. The molecule has 27 heavy (non-hydrogen) atoms. The number of nitrogens with zero attached hydrogens (tertiary/aromatic N) is 1. The van der Waals surface area contributed by atoms with Crippen LogP contribution in [-0.4, -0.2) is 13.4 Å². The number of nitrogens with one attached hydrogen (secondary N) is 2. The summed E-state index contributed by atoms with van der Waals surface area (Å²) >= 11 is 0. The van der Waals surface area contributed by atoms with E-state index in [2.05, 4.69) is 15.0 Å². The number of sulfonamides is 1. The van der Waals surface area contributed by atoms with Gasteiger partial charge in [-0.25, -0.2) is 13.4 Å². The van der Waals surface area contributed by atoms with Crippen molar-refractivity contribution in [1.29, 1.82) is 0 Å². The molecule has 5 nitrogen and oxygen atoms in total. The lowest BCUT2D eigenvalue weighted by atomic mass is 10.2. The summed E-state index contributed by atoms with van der Waals surface area (Å²) in [6.45, 7) is 0. The van der Waals surface area contributed by atoms with E-state index >= 15 is 0 Å². The van der Waals surface area contributed by atoms with E-state index in [9.17, 15) is 21.6 Å². The fourth-order valence-electron chi connectivity index (χ4n) is 2.26. The summed E-state index contributed by atoms with van der Waals surface area (Å²) in [7, 11) is -3.76.